The molecule has 0 aromatic carbocycles. The van der Waals surface area contributed by atoms with E-state index in [-0.39, 0.29) is 0 Å². The minimum atomic E-state index is 0.315. The first-order chi connectivity index (χ1) is 6.47. The molecule has 0 bridgehead atoms. The largest absolute Gasteiger partial charge is 0.299 e. The van der Waals surface area contributed by atoms with E-state index in [0.717, 1.165) is 12.3 Å². The molecule has 1 heterocycles. The van der Waals surface area contributed by atoms with Crippen LogP contribution >= 0.6 is 12.6 Å². The van der Waals surface area contributed by atoms with Crippen LogP contribution in [-0.2, 0) is 0 Å². The first kappa shape index (κ1) is 12.3. The average molecular weight is 216 g/mol. The Hall–Kier alpha value is 0.270. The molecule has 0 aliphatic carbocycles. The minimum absolute atomic E-state index is 0.315. The fraction of sp³-hybridized carbons (Fsp3) is 1.00. The van der Waals surface area contributed by atoms with Crippen molar-refractivity contribution in [2.75, 3.05) is 31.9 Å². The van der Waals surface area contributed by atoms with Crippen molar-refractivity contribution in [2.45, 2.75) is 39.3 Å². The van der Waals surface area contributed by atoms with Crippen molar-refractivity contribution in [2.24, 2.45) is 0 Å². The molecule has 0 spiro atoms. The monoisotopic (exact) mass is 216 g/mol. The molecule has 84 valence electrons. The molecule has 1 rings (SSSR count). The Morgan fingerprint density at radius 2 is 1.93 bits per heavy atom. The van der Waals surface area contributed by atoms with Crippen LogP contribution in [0.2, 0.25) is 0 Å². The SMILES string of the molecule is CC(C)N1CCN(CCS)CC1(C)C. The Morgan fingerprint density at radius 1 is 1.29 bits per heavy atom. The van der Waals surface area contributed by atoms with Crippen LogP contribution in [0.4, 0.5) is 0 Å². The second-order valence-electron chi connectivity index (χ2n) is 5.10. The van der Waals surface area contributed by atoms with E-state index in [2.05, 4.69) is 50.1 Å². The lowest BCUT2D eigenvalue weighted by Gasteiger charge is -2.49. The molecule has 0 aromatic rings. The summed E-state index contributed by atoms with van der Waals surface area (Å²) < 4.78 is 0. The summed E-state index contributed by atoms with van der Waals surface area (Å²) in [5, 5.41) is 0. The quantitative estimate of drug-likeness (QED) is 0.718. The Bertz CT molecular complexity index is 180. The highest BCUT2D eigenvalue weighted by molar-refractivity contribution is 7.80. The van der Waals surface area contributed by atoms with Crippen LogP contribution in [0.5, 0.6) is 0 Å². The molecule has 0 N–H and O–H groups in total. The molecular formula is C11H24N2S. The molecular weight excluding hydrogens is 192 g/mol. The minimum Gasteiger partial charge on any atom is -0.299 e. The van der Waals surface area contributed by atoms with Crippen molar-refractivity contribution < 1.29 is 0 Å². The highest BCUT2D eigenvalue weighted by Gasteiger charge is 2.34. The van der Waals surface area contributed by atoms with Gasteiger partial charge in [-0.05, 0) is 27.7 Å². The molecule has 14 heavy (non-hydrogen) atoms. The number of nitrogens with zero attached hydrogens (tertiary/aromatic N) is 2. The average Bonchev–Trinajstić information content (AvgIpc) is 2.01. The molecule has 0 radical (unpaired) electrons. The van der Waals surface area contributed by atoms with E-state index in [1.807, 2.05) is 0 Å². The van der Waals surface area contributed by atoms with Crippen LogP contribution in [0.3, 0.4) is 0 Å². The summed E-state index contributed by atoms with van der Waals surface area (Å²) in [6.07, 6.45) is 0. The molecule has 0 aromatic heterocycles. The van der Waals surface area contributed by atoms with Gasteiger partial charge in [0.2, 0.25) is 0 Å². The second kappa shape index (κ2) is 4.86. The Morgan fingerprint density at radius 3 is 2.36 bits per heavy atom. The molecule has 0 atom stereocenters. The molecule has 1 fully saturated rings. The number of piperazine rings is 1. The van der Waals surface area contributed by atoms with E-state index < -0.39 is 0 Å². The maximum absolute atomic E-state index is 4.30. The third kappa shape index (κ3) is 2.88. The highest BCUT2D eigenvalue weighted by atomic mass is 32.1. The summed E-state index contributed by atoms with van der Waals surface area (Å²) in [5.74, 6) is 0.970. The van der Waals surface area contributed by atoms with Gasteiger partial charge in [-0.15, -0.1) is 0 Å². The van der Waals surface area contributed by atoms with Crippen LogP contribution in [-0.4, -0.2) is 53.3 Å². The van der Waals surface area contributed by atoms with Gasteiger partial charge in [-0.2, -0.15) is 12.6 Å². The summed E-state index contributed by atoms with van der Waals surface area (Å²) in [5.41, 5.74) is 0.315. The van der Waals surface area contributed by atoms with Crippen molar-refractivity contribution in [3.8, 4) is 0 Å². The number of rotatable bonds is 3. The standard InChI is InChI=1S/C11H24N2S/c1-10(2)13-6-5-12(7-8-14)9-11(13,3)4/h10,14H,5-9H2,1-4H3. The molecule has 1 saturated heterocycles. The molecule has 1 aliphatic rings. The van der Waals surface area contributed by atoms with Crippen molar-refractivity contribution in [3.05, 3.63) is 0 Å². The molecule has 2 nitrogen and oxygen atoms in total. The maximum atomic E-state index is 4.30. The van der Waals surface area contributed by atoms with Crippen molar-refractivity contribution in [1.29, 1.82) is 0 Å². The molecule has 0 saturated carbocycles. The van der Waals surface area contributed by atoms with Gasteiger partial charge < -0.3 is 0 Å². The third-order valence-electron chi connectivity index (χ3n) is 3.08. The fourth-order valence-corrected chi connectivity index (χ4v) is 2.84. The van der Waals surface area contributed by atoms with Crippen LogP contribution in [0.1, 0.15) is 27.7 Å². The van der Waals surface area contributed by atoms with Crippen molar-refractivity contribution in [3.63, 3.8) is 0 Å². The Balaban J connectivity index is 2.56. The van der Waals surface area contributed by atoms with Gasteiger partial charge in [-0.1, -0.05) is 0 Å². The van der Waals surface area contributed by atoms with E-state index in [9.17, 15) is 0 Å². The van der Waals surface area contributed by atoms with Gasteiger partial charge in [0.15, 0.2) is 0 Å². The number of hydrogen-bond donors (Lipinski definition) is 1. The van der Waals surface area contributed by atoms with E-state index >= 15 is 0 Å². The van der Waals surface area contributed by atoms with Crippen molar-refractivity contribution in [1.82, 2.24) is 9.80 Å². The second-order valence-corrected chi connectivity index (χ2v) is 5.55. The van der Waals surface area contributed by atoms with Gasteiger partial charge in [0, 0.05) is 43.5 Å². The Labute approximate surface area is 94.1 Å². The molecule has 3 heteroatoms. The predicted molar refractivity (Wildman–Crippen MR) is 66.2 cm³/mol. The lowest BCUT2D eigenvalue weighted by molar-refractivity contribution is 0.00113. The Kier molecular flexibility index (Phi) is 4.29. The number of thiol groups is 1. The van der Waals surface area contributed by atoms with E-state index in [1.54, 1.807) is 0 Å². The first-order valence-electron chi connectivity index (χ1n) is 5.57. The summed E-state index contributed by atoms with van der Waals surface area (Å²) in [6.45, 7) is 14.0. The van der Waals surface area contributed by atoms with Gasteiger partial charge in [0.1, 0.15) is 0 Å². The lowest BCUT2D eigenvalue weighted by atomic mass is 9.97. The van der Waals surface area contributed by atoms with Crippen LogP contribution in [0, 0.1) is 0 Å². The third-order valence-corrected chi connectivity index (χ3v) is 3.28. The normalized spacial score (nSPS) is 24.4. The fourth-order valence-electron chi connectivity index (χ4n) is 2.56. The van der Waals surface area contributed by atoms with Crippen LogP contribution in [0.15, 0.2) is 0 Å². The summed E-state index contributed by atoms with van der Waals surface area (Å²) in [7, 11) is 0. The van der Waals surface area contributed by atoms with Crippen LogP contribution in [0.25, 0.3) is 0 Å². The van der Waals surface area contributed by atoms with E-state index in [4.69, 9.17) is 0 Å². The van der Waals surface area contributed by atoms with Gasteiger partial charge in [-0.25, -0.2) is 0 Å². The molecule has 0 amide bonds. The van der Waals surface area contributed by atoms with Crippen molar-refractivity contribution >= 4 is 12.6 Å². The highest BCUT2D eigenvalue weighted by Crippen LogP contribution is 2.22. The van der Waals surface area contributed by atoms with E-state index in [1.165, 1.54) is 19.6 Å². The summed E-state index contributed by atoms with van der Waals surface area (Å²) in [4.78, 5) is 5.12. The summed E-state index contributed by atoms with van der Waals surface area (Å²) >= 11 is 4.30. The maximum Gasteiger partial charge on any atom is 0.0283 e. The van der Waals surface area contributed by atoms with Crippen LogP contribution < -0.4 is 0 Å². The smallest absolute Gasteiger partial charge is 0.0283 e. The van der Waals surface area contributed by atoms with E-state index in [0.29, 0.717) is 11.6 Å². The van der Waals surface area contributed by atoms with Gasteiger partial charge in [0.05, 0.1) is 0 Å². The summed E-state index contributed by atoms with van der Waals surface area (Å²) in [6, 6.07) is 0.656. The first-order valence-corrected chi connectivity index (χ1v) is 6.20. The zero-order valence-corrected chi connectivity index (χ0v) is 10.8. The van der Waals surface area contributed by atoms with Gasteiger partial charge in [0.25, 0.3) is 0 Å². The zero-order valence-electron chi connectivity index (χ0n) is 9.95. The topological polar surface area (TPSA) is 6.48 Å². The van der Waals surface area contributed by atoms with Gasteiger partial charge in [-0.3, -0.25) is 9.80 Å². The predicted octanol–water partition coefficient (Wildman–Crippen LogP) is 1.72. The molecule has 0 unspecified atom stereocenters. The van der Waals surface area contributed by atoms with Gasteiger partial charge >= 0.3 is 0 Å². The number of hydrogen-bond acceptors (Lipinski definition) is 3. The zero-order chi connectivity index (χ0) is 10.8. The lowest BCUT2D eigenvalue weighted by Crippen LogP contribution is -2.61. The molecule has 1 aliphatic heterocycles.